The van der Waals surface area contributed by atoms with E-state index in [4.69, 9.17) is 0 Å². The van der Waals surface area contributed by atoms with Crippen molar-refractivity contribution < 1.29 is 4.39 Å². The second-order valence-corrected chi connectivity index (χ2v) is 3.65. The highest BCUT2D eigenvalue weighted by Gasteiger charge is 2.09. The zero-order chi connectivity index (χ0) is 9.26. The third kappa shape index (κ3) is 2.25. The summed E-state index contributed by atoms with van der Waals surface area (Å²) in [5, 5.41) is 3.28. The molecule has 2 rings (SSSR count). The molecule has 1 aromatic rings. The molecule has 78 valence electrons. The molecule has 14 heavy (non-hydrogen) atoms. The van der Waals surface area contributed by atoms with Gasteiger partial charge in [-0.2, -0.15) is 0 Å². The Morgan fingerprint density at radius 1 is 1.29 bits per heavy atom. The largest absolute Gasteiger partial charge is 0.313 e. The van der Waals surface area contributed by atoms with E-state index in [-0.39, 0.29) is 18.2 Å². The summed E-state index contributed by atoms with van der Waals surface area (Å²) in [5.41, 5.74) is 3.20. The summed E-state index contributed by atoms with van der Waals surface area (Å²) in [4.78, 5) is 0. The summed E-state index contributed by atoms with van der Waals surface area (Å²) in [7, 11) is 0. The molecule has 0 saturated carbocycles. The quantitative estimate of drug-likeness (QED) is 0.702. The highest BCUT2D eigenvalue weighted by Crippen LogP contribution is 2.18. The van der Waals surface area contributed by atoms with Crippen LogP contribution in [0.4, 0.5) is 4.39 Å². The molecule has 1 aliphatic heterocycles. The first kappa shape index (κ1) is 11.5. The zero-order valence-electron chi connectivity index (χ0n) is 8.27. The molecule has 0 radical (unpaired) electrons. The summed E-state index contributed by atoms with van der Waals surface area (Å²) in [5.74, 6) is -0.0811. The highest BCUT2D eigenvalue weighted by molar-refractivity contribution is 5.85. The van der Waals surface area contributed by atoms with Gasteiger partial charge in [0.05, 0.1) is 0 Å². The summed E-state index contributed by atoms with van der Waals surface area (Å²) in [6, 6.07) is 3.65. The van der Waals surface area contributed by atoms with Gasteiger partial charge in [0.25, 0.3) is 0 Å². The van der Waals surface area contributed by atoms with Crippen LogP contribution in [0.25, 0.3) is 0 Å². The number of benzene rings is 1. The SMILES string of the molecule is Cc1cc2c(cc1F)CNCCC2.Cl. The molecule has 1 aromatic carbocycles. The van der Waals surface area contributed by atoms with Crippen molar-refractivity contribution in [1.29, 1.82) is 0 Å². The summed E-state index contributed by atoms with van der Waals surface area (Å²) >= 11 is 0. The minimum atomic E-state index is -0.0811. The van der Waals surface area contributed by atoms with Crippen LogP contribution >= 0.6 is 12.4 Å². The predicted molar refractivity (Wildman–Crippen MR) is 58.4 cm³/mol. The Morgan fingerprint density at radius 3 is 2.86 bits per heavy atom. The van der Waals surface area contributed by atoms with Crippen LogP contribution in [0.2, 0.25) is 0 Å². The van der Waals surface area contributed by atoms with Gasteiger partial charge in [0.2, 0.25) is 0 Å². The van der Waals surface area contributed by atoms with Crippen LogP contribution in [0.5, 0.6) is 0 Å². The van der Waals surface area contributed by atoms with Crippen molar-refractivity contribution in [2.45, 2.75) is 26.3 Å². The molecule has 0 bridgehead atoms. The van der Waals surface area contributed by atoms with Crippen molar-refractivity contribution in [3.63, 3.8) is 0 Å². The van der Waals surface area contributed by atoms with Crippen molar-refractivity contribution in [3.05, 3.63) is 34.6 Å². The van der Waals surface area contributed by atoms with Gasteiger partial charge >= 0.3 is 0 Å². The number of hydrogen-bond acceptors (Lipinski definition) is 1. The monoisotopic (exact) mass is 215 g/mol. The van der Waals surface area contributed by atoms with E-state index in [0.717, 1.165) is 37.1 Å². The van der Waals surface area contributed by atoms with Crippen LogP contribution in [-0.2, 0) is 13.0 Å². The number of fused-ring (bicyclic) bond motifs is 1. The molecule has 1 heterocycles. The highest BCUT2D eigenvalue weighted by atomic mass is 35.5. The zero-order valence-corrected chi connectivity index (χ0v) is 9.09. The minimum absolute atomic E-state index is 0. The molecule has 0 spiro atoms. The molecule has 0 saturated heterocycles. The van der Waals surface area contributed by atoms with Gasteiger partial charge in [-0.25, -0.2) is 4.39 Å². The van der Waals surface area contributed by atoms with E-state index in [9.17, 15) is 4.39 Å². The number of rotatable bonds is 0. The molecule has 0 unspecified atom stereocenters. The Bertz CT molecular complexity index is 294. The van der Waals surface area contributed by atoms with E-state index in [2.05, 4.69) is 5.32 Å². The average Bonchev–Trinajstić information content (AvgIpc) is 2.31. The summed E-state index contributed by atoms with van der Waals surface area (Å²) in [6.07, 6.45) is 2.22. The smallest absolute Gasteiger partial charge is 0.126 e. The van der Waals surface area contributed by atoms with E-state index in [1.165, 1.54) is 5.56 Å². The van der Waals surface area contributed by atoms with Crippen molar-refractivity contribution in [3.8, 4) is 0 Å². The number of aryl methyl sites for hydroxylation is 2. The molecule has 3 heteroatoms. The third-order valence-corrected chi connectivity index (χ3v) is 2.60. The molecule has 1 N–H and O–H groups in total. The van der Waals surface area contributed by atoms with E-state index in [0.29, 0.717) is 0 Å². The summed E-state index contributed by atoms with van der Waals surface area (Å²) in [6.45, 7) is 3.68. The predicted octanol–water partition coefficient (Wildman–Crippen LogP) is 2.59. The average molecular weight is 216 g/mol. The second kappa shape index (κ2) is 4.76. The normalized spacial score (nSPS) is 15.3. The Kier molecular flexibility index (Phi) is 3.90. The Labute approximate surface area is 90.1 Å². The fraction of sp³-hybridized carbons (Fsp3) is 0.455. The first-order valence-electron chi connectivity index (χ1n) is 4.76. The van der Waals surface area contributed by atoms with Crippen LogP contribution in [0, 0.1) is 12.7 Å². The molecule has 0 fully saturated rings. The topological polar surface area (TPSA) is 12.0 Å². The Balaban J connectivity index is 0.000000980. The first-order valence-corrected chi connectivity index (χ1v) is 4.76. The Morgan fingerprint density at radius 2 is 2.07 bits per heavy atom. The van der Waals surface area contributed by atoms with E-state index < -0.39 is 0 Å². The lowest BCUT2D eigenvalue weighted by Gasteiger charge is -2.07. The standard InChI is InChI=1S/C11H14FN.ClH/c1-8-5-9-3-2-4-13-7-10(9)6-11(8)12;/h5-6,13H,2-4,7H2,1H3;1H. The first-order chi connectivity index (χ1) is 6.27. The Hall–Kier alpha value is -0.600. The van der Waals surface area contributed by atoms with E-state index in [1.807, 2.05) is 13.0 Å². The van der Waals surface area contributed by atoms with Gasteiger partial charge in [-0.05, 0) is 49.1 Å². The summed E-state index contributed by atoms with van der Waals surface area (Å²) < 4.78 is 13.2. The van der Waals surface area contributed by atoms with Crippen LogP contribution < -0.4 is 5.32 Å². The maximum Gasteiger partial charge on any atom is 0.126 e. The van der Waals surface area contributed by atoms with Crippen molar-refractivity contribution in [1.82, 2.24) is 5.32 Å². The van der Waals surface area contributed by atoms with Crippen molar-refractivity contribution >= 4 is 12.4 Å². The fourth-order valence-electron chi connectivity index (χ4n) is 1.81. The van der Waals surface area contributed by atoms with Gasteiger partial charge in [-0.15, -0.1) is 12.4 Å². The van der Waals surface area contributed by atoms with Crippen LogP contribution in [0.15, 0.2) is 12.1 Å². The van der Waals surface area contributed by atoms with Crippen LogP contribution in [0.1, 0.15) is 23.1 Å². The number of hydrogen-bond donors (Lipinski definition) is 1. The van der Waals surface area contributed by atoms with Gasteiger partial charge in [0.1, 0.15) is 5.82 Å². The molecule has 0 aromatic heterocycles. The van der Waals surface area contributed by atoms with Crippen LogP contribution in [0.3, 0.4) is 0 Å². The maximum atomic E-state index is 13.2. The molecule has 0 amide bonds. The van der Waals surface area contributed by atoms with Gasteiger partial charge in [-0.3, -0.25) is 0 Å². The van der Waals surface area contributed by atoms with Gasteiger partial charge in [0.15, 0.2) is 0 Å². The molecule has 1 nitrogen and oxygen atoms in total. The fourth-order valence-corrected chi connectivity index (χ4v) is 1.81. The molecule has 1 aliphatic rings. The van der Waals surface area contributed by atoms with E-state index >= 15 is 0 Å². The molecular formula is C11H15ClFN. The van der Waals surface area contributed by atoms with Crippen LogP contribution in [-0.4, -0.2) is 6.54 Å². The van der Waals surface area contributed by atoms with Crippen molar-refractivity contribution in [2.75, 3.05) is 6.54 Å². The maximum absolute atomic E-state index is 13.2. The van der Waals surface area contributed by atoms with Crippen molar-refractivity contribution in [2.24, 2.45) is 0 Å². The molecular weight excluding hydrogens is 201 g/mol. The third-order valence-electron chi connectivity index (χ3n) is 2.60. The van der Waals surface area contributed by atoms with E-state index in [1.54, 1.807) is 6.07 Å². The lowest BCUT2D eigenvalue weighted by Crippen LogP contribution is -2.12. The van der Waals surface area contributed by atoms with Gasteiger partial charge in [-0.1, -0.05) is 6.07 Å². The second-order valence-electron chi connectivity index (χ2n) is 3.65. The lowest BCUT2D eigenvalue weighted by molar-refractivity contribution is 0.613. The number of nitrogens with one attached hydrogen (secondary N) is 1. The lowest BCUT2D eigenvalue weighted by atomic mass is 10.0. The van der Waals surface area contributed by atoms with Gasteiger partial charge in [0, 0.05) is 6.54 Å². The molecule has 0 atom stereocenters. The number of halogens is 2. The minimum Gasteiger partial charge on any atom is -0.313 e. The molecule has 0 aliphatic carbocycles. The van der Waals surface area contributed by atoms with Gasteiger partial charge < -0.3 is 5.32 Å².